The molecule has 3 aliphatic rings. The fourth-order valence-corrected chi connectivity index (χ4v) is 4.54. The molecule has 134 valence electrons. The van der Waals surface area contributed by atoms with Gasteiger partial charge in [0.25, 0.3) is 0 Å². The summed E-state index contributed by atoms with van der Waals surface area (Å²) in [4.78, 5) is 17.5. The van der Waals surface area contributed by atoms with Crippen LogP contribution in [0.3, 0.4) is 0 Å². The molecule has 3 aliphatic heterocycles. The van der Waals surface area contributed by atoms with Crippen molar-refractivity contribution in [2.24, 2.45) is 5.41 Å². The number of carbonyl (C=O) groups excluding carboxylic acids is 1. The van der Waals surface area contributed by atoms with Gasteiger partial charge in [0, 0.05) is 31.9 Å². The predicted molar refractivity (Wildman–Crippen MR) is 94.5 cm³/mol. The summed E-state index contributed by atoms with van der Waals surface area (Å²) in [6, 6.07) is 10.4. The lowest BCUT2D eigenvalue weighted by molar-refractivity contribution is -0.166. The Morgan fingerprint density at radius 2 is 2.20 bits per heavy atom. The Hall–Kier alpha value is -1.85. The highest BCUT2D eigenvalue weighted by molar-refractivity contribution is 5.81. The Morgan fingerprint density at radius 3 is 3.00 bits per heavy atom. The molecule has 0 saturated carbocycles. The highest BCUT2D eigenvalue weighted by Gasteiger charge is 2.52. The molecule has 1 aromatic rings. The Morgan fingerprint density at radius 1 is 1.36 bits per heavy atom. The summed E-state index contributed by atoms with van der Waals surface area (Å²) in [5.41, 5.74) is 1.84. The van der Waals surface area contributed by atoms with E-state index < -0.39 is 5.41 Å². The van der Waals surface area contributed by atoms with Crippen molar-refractivity contribution >= 4 is 5.97 Å². The highest BCUT2D eigenvalue weighted by Crippen LogP contribution is 2.46. The van der Waals surface area contributed by atoms with E-state index in [2.05, 4.69) is 40.1 Å². The third-order valence-corrected chi connectivity index (χ3v) is 5.68. The quantitative estimate of drug-likeness (QED) is 0.789. The number of ether oxygens (including phenoxy) is 2. The average molecular weight is 342 g/mol. The lowest BCUT2D eigenvalue weighted by Crippen LogP contribution is -2.59. The Balaban J connectivity index is 1.62. The van der Waals surface area contributed by atoms with Crippen LogP contribution in [0.5, 0.6) is 0 Å². The summed E-state index contributed by atoms with van der Waals surface area (Å²) >= 11 is 0. The molecule has 1 aromatic carbocycles. The lowest BCUT2D eigenvalue weighted by Gasteiger charge is -2.53. The molecule has 0 amide bonds. The number of rotatable bonds is 3. The summed E-state index contributed by atoms with van der Waals surface area (Å²) in [7, 11) is 1.50. The lowest BCUT2D eigenvalue weighted by atomic mass is 9.73. The molecule has 0 bridgehead atoms. The minimum atomic E-state index is -0.557. The first-order chi connectivity index (χ1) is 12.2. The molecule has 25 heavy (non-hydrogen) atoms. The van der Waals surface area contributed by atoms with Gasteiger partial charge < -0.3 is 14.4 Å². The molecular formula is C20H26N2O3. The first kappa shape index (κ1) is 16.6. The molecule has 0 N–H and O–H groups in total. The van der Waals surface area contributed by atoms with Gasteiger partial charge in [0.05, 0.1) is 13.7 Å². The second-order valence-electron chi connectivity index (χ2n) is 7.23. The third-order valence-electron chi connectivity index (χ3n) is 5.68. The van der Waals surface area contributed by atoms with Crippen LogP contribution in [0.25, 0.3) is 0 Å². The minimum absolute atomic E-state index is 0.111. The SMILES string of the molecule is COC(=O)C12CCC3OCCCN3C1=CCN(Cc1ccccc1)C2. The number of methoxy groups -OCH3 is 1. The zero-order chi connectivity index (χ0) is 17.3. The molecule has 2 fully saturated rings. The molecular weight excluding hydrogens is 316 g/mol. The smallest absolute Gasteiger partial charge is 0.319 e. The summed E-state index contributed by atoms with van der Waals surface area (Å²) in [6.07, 6.45) is 5.03. The molecule has 5 nitrogen and oxygen atoms in total. The van der Waals surface area contributed by atoms with Gasteiger partial charge in [-0.3, -0.25) is 9.69 Å². The van der Waals surface area contributed by atoms with Crippen molar-refractivity contribution in [2.45, 2.75) is 32.0 Å². The van der Waals surface area contributed by atoms with Gasteiger partial charge >= 0.3 is 5.97 Å². The van der Waals surface area contributed by atoms with Crippen LogP contribution in [-0.2, 0) is 20.8 Å². The van der Waals surface area contributed by atoms with Crippen molar-refractivity contribution in [2.75, 3.05) is 33.4 Å². The number of carbonyl (C=O) groups is 1. The Kier molecular flexibility index (Phi) is 4.52. The van der Waals surface area contributed by atoms with Crippen LogP contribution in [0.1, 0.15) is 24.8 Å². The van der Waals surface area contributed by atoms with Gasteiger partial charge in [-0.1, -0.05) is 30.3 Å². The summed E-state index contributed by atoms with van der Waals surface area (Å²) in [6.45, 7) is 4.20. The maximum atomic E-state index is 12.8. The zero-order valence-electron chi connectivity index (χ0n) is 14.8. The first-order valence-corrected chi connectivity index (χ1v) is 9.16. The molecule has 2 saturated heterocycles. The van der Waals surface area contributed by atoms with Gasteiger partial charge in [0.15, 0.2) is 0 Å². The van der Waals surface area contributed by atoms with Crippen LogP contribution in [0.15, 0.2) is 42.1 Å². The van der Waals surface area contributed by atoms with Crippen molar-refractivity contribution in [1.82, 2.24) is 9.80 Å². The average Bonchev–Trinajstić information content (AvgIpc) is 2.67. The van der Waals surface area contributed by atoms with E-state index in [0.717, 1.165) is 51.2 Å². The van der Waals surface area contributed by atoms with Crippen LogP contribution < -0.4 is 0 Å². The van der Waals surface area contributed by atoms with Gasteiger partial charge in [0.2, 0.25) is 0 Å². The van der Waals surface area contributed by atoms with Crippen LogP contribution in [0, 0.1) is 5.41 Å². The zero-order valence-corrected chi connectivity index (χ0v) is 14.8. The van der Waals surface area contributed by atoms with E-state index in [4.69, 9.17) is 9.47 Å². The maximum absolute atomic E-state index is 12.8. The largest absolute Gasteiger partial charge is 0.468 e. The maximum Gasteiger partial charge on any atom is 0.319 e. The summed E-state index contributed by atoms with van der Waals surface area (Å²) < 4.78 is 11.2. The normalized spacial score (nSPS) is 29.4. The number of nitrogens with zero attached hydrogens (tertiary/aromatic N) is 2. The number of piperidine rings is 1. The number of fused-ring (bicyclic) bond motifs is 3. The number of esters is 1. The van der Waals surface area contributed by atoms with Crippen LogP contribution >= 0.6 is 0 Å². The van der Waals surface area contributed by atoms with Crippen LogP contribution in [0.2, 0.25) is 0 Å². The summed E-state index contributed by atoms with van der Waals surface area (Å²) in [5.74, 6) is -0.111. The van der Waals surface area contributed by atoms with Crippen LogP contribution in [0.4, 0.5) is 0 Å². The second kappa shape index (κ2) is 6.81. The number of hydrogen-bond donors (Lipinski definition) is 0. The Labute approximate surface area is 149 Å². The molecule has 2 atom stereocenters. The van der Waals surface area contributed by atoms with Gasteiger partial charge in [-0.15, -0.1) is 0 Å². The molecule has 5 heteroatoms. The topological polar surface area (TPSA) is 42.0 Å². The molecule has 0 aromatic heterocycles. The monoisotopic (exact) mass is 342 g/mol. The number of benzene rings is 1. The van der Waals surface area contributed by atoms with Crippen molar-refractivity contribution in [3.05, 3.63) is 47.7 Å². The minimum Gasteiger partial charge on any atom is -0.468 e. The first-order valence-electron chi connectivity index (χ1n) is 9.16. The van der Waals surface area contributed by atoms with Gasteiger partial charge in [-0.05, 0) is 30.9 Å². The van der Waals surface area contributed by atoms with Crippen molar-refractivity contribution in [1.29, 1.82) is 0 Å². The molecule has 4 rings (SSSR count). The predicted octanol–water partition coefficient (Wildman–Crippen LogP) is 2.39. The second-order valence-corrected chi connectivity index (χ2v) is 7.23. The Bertz CT molecular complexity index is 660. The standard InChI is InChI=1S/C20H26N2O3/c1-24-19(23)20-10-8-18-22(11-5-13-25-18)17(20)9-12-21(15-20)14-16-6-3-2-4-7-16/h2-4,6-7,9,18H,5,8,10-15H2,1H3. The van der Waals surface area contributed by atoms with Crippen molar-refractivity contribution in [3.63, 3.8) is 0 Å². The van der Waals surface area contributed by atoms with Gasteiger partial charge in [-0.25, -0.2) is 0 Å². The van der Waals surface area contributed by atoms with E-state index in [0.29, 0.717) is 6.54 Å². The molecule has 0 spiro atoms. The molecule has 0 radical (unpaired) electrons. The summed E-state index contributed by atoms with van der Waals surface area (Å²) in [5, 5.41) is 0. The van der Waals surface area contributed by atoms with E-state index in [1.54, 1.807) is 0 Å². The molecule has 0 aliphatic carbocycles. The van der Waals surface area contributed by atoms with Gasteiger partial charge in [-0.2, -0.15) is 0 Å². The molecule has 2 unspecified atom stereocenters. The fraction of sp³-hybridized carbons (Fsp3) is 0.550. The van der Waals surface area contributed by atoms with E-state index >= 15 is 0 Å². The van der Waals surface area contributed by atoms with Gasteiger partial charge in [0.1, 0.15) is 11.6 Å². The molecule has 3 heterocycles. The third kappa shape index (κ3) is 2.96. The number of hydrogen-bond acceptors (Lipinski definition) is 5. The van der Waals surface area contributed by atoms with Crippen molar-refractivity contribution in [3.8, 4) is 0 Å². The fourth-order valence-electron chi connectivity index (χ4n) is 4.54. The van der Waals surface area contributed by atoms with Crippen molar-refractivity contribution < 1.29 is 14.3 Å². The van der Waals surface area contributed by atoms with E-state index in [1.807, 2.05) is 6.07 Å². The van der Waals surface area contributed by atoms with Crippen LogP contribution in [-0.4, -0.2) is 55.3 Å². The highest BCUT2D eigenvalue weighted by atomic mass is 16.5. The van der Waals surface area contributed by atoms with E-state index in [-0.39, 0.29) is 12.2 Å². The van der Waals surface area contributed by atoms with E-state index in [1.165, 1.54) is 12.7 Å². The van der Waals surface area contributed by atoms with E-state index in [9.17, 15) is 4.79 Å².